The number of rotatable bonds is 7. The molecule has 0 aliphatic heterocycles. The molecule has 0 saturated heterocycles. The Bertz CT molecular complexity index is 4480. The highest BCUT2D eigenvalue weighted by Crippen LogP contribution is 2.75. The van der Waals surface area contributed by atoms with Crippen molar-refractivity contribution in [3.63, 3.8) is 0 Å². The molecule has 3 N–H and O–H groups in total. The van der Waals surface area contributed by atoms with Crippen LogP contribution in [0.25, 0.3) is 32.3 Å². The summed E-state index contributed by atoms with van der Waals surface area (Å²) in [7, 11) is 0. The van der Waals surface area contributed by atoms with Crippen LogP contribution in [-0.2, 0) is 21.7 Å². The van der Waals surface area contributed by atoms with Crippen molar-refractivity contribution in [3.05, 3.63) is 308 Å². The van der Waals surface area contributed by atoms with E-state index in [1.165, 1.54) is 49.2 Å². The van der Waals surface area contributed by atoms with Crippen molar-refractivity contribution < 1.29 is 29.7 Å². The van der Waals surface area contributed by atoms with Crippen molar-refractivity contribution in [2.45, 2.75) is 60.2 Å². The van der Waals surface area contributed by atoms with Gasteiger partial charge >= 0.3 is 17.9 Å². The Hall–Kier alpha value is -10.9. The minimum Gasteiger partial charge on any atom is -0.478 e. The highest BCUT2D eigenvalue weighted by Gasteiger charge is 2.69. The van der Waals surface area contributed by atoms with E-state index in [0.29, 0.717) is 16.7 Å². The molecule has 0 spiro atoms. The number of carbonyl (C=O) groups is 3. The van der Waals surface area contributed by atoms with Crippen molar-refractivity contribution in [3.8, 4) is 47.4 Å². The van der Waals surface area contributed by atoms with Crippen LogP contribution in [0.3, 0.4) is 0 Å². The fourth-order valence-electron chi connectivity index (χ4n) is 15.1. The number of carboxylic acid groups (broad SMARTS) is 3. The number of benzene rings is 11. The van der Waals surface area contributed by atoms with Gasteiger partial charge in [-0.25, -0.2) is 14.4 Å². The quantitative estimate of drug-likeness (QED) is 0.108. The smallest absolute Gasteiger partial charge is 0.335 e. The fraction of sp³-hybridized carbons (Fsp3) is 0.127. The van der Waals surface area contributed by atoms with Crippen LogP contribution in [0.15, 0.2) is 224 Å². The lowest BCUT2D eigenvalue weighted by Gasteiger charge is -2.71. The Morgan fingerprint density at radius 2 is 0.565 bits per heavy atom. The molecule has 6 heteroatoms. The van der Waals surface area contributed by atoms with Crippen LogP contribution >= 0.6 is 0 Å². The first-order valence-electron chi connectivity index (χ1n) is 28.5. The fourth-order valence-corrected chi connectivity index (χ4v) is 15.1. The van der Waals surface area contributed by atoms with E-state index in [-0.39, 0.29) is 38.4 Å². The molecule has 4 fully saturated rings. The minimum atomic E-state index is -0.993. The lowest BCUT2D eigenvalue weighted by atomic mass is 9.32. The van der Waals surface area contributed by atoms with Gasteiger partial charge in [-0.3, -0.25) is 0 Å². The molecular formula is C79H52O6. The van der Waals surface area contributed by atoms with Crippen molar-refractivity contribution in [2.75, 3.05) is 0 Å². The van der Waals surface area contributed by atoms with Crippen LogP contribution in [0.4, 0.5) is 0 Å². The molecular weight excluding hydrogens is 1040 g/mol. The average molecular weight is 1100 g/mol. The first-order chi connectivity index (χ1) is 41.3. The highest BCUT2D eigenvalue weighted by atomic mass is 16.4. The zero-order chi connectivity index (χ0) is 57.9. The van der Waals surface area contributed by atoms with Crippen LogP contribution in [0.1, 0.15) is 136 Å². The summed E-state index contributed by atoms with van der Waals surface area (Å²) in [5.41, 5.74) is 10.9. The summed E-state index contributed by atoms with van der Waals surface area (Å²) in [5.74, 6) is 23.7. The highest BCUT2D eigenvalue weighted by molar-refractivity contribution is 6.24. The van der Waals surface area contributed by atoms with Gasteiger partial charge in [-0.2, -0.15) is 0 Å². The Morgan fingerprint density at radius 1 is 0.282 bits per heavy atom. The zero-order valence-corrected chi connectivity index (χ0v) is 46.2. The van der Waals surface area contributed by atoms with E-state index in [4.69, 9.17) is 0 Å². The Labute approximate surface area is 492 Å². The van der Waals surface area contributed by atoms with Crippen LogP contribution in [0.2, 0.25) is 0 Å². The van der Waals surface area contributed by atoms with Crippen LogP contribution in [0.5, 0.6) is 0 Å². The molecule has 11 aromatic carbocycles. The molecule has 0 amide bonds. The van der Waals surface area contributed by atoms with Crippen molar-refractivity contribution in [1.82, 2.24) is 0 Å². The Morgan fingerprint density at radius 3 is 0.906 bits per heavy atom. The molecule has 4 saturated carbocycles. The summed E-state index contributed by atoms with van der Waals surface area (Å²) in [5, 5.41) is 36.3. The molecule has 6 nitrogen and oxygen atoms in total. The molecule has 4 aliphatic carbocycles. The molecule has 85 heavy (non-hydrogen) atoms. The van der Waals surface area contributed by atoms with Crippen molar-refractivity contribution >= 4 is 50.2 Å². The van der Waals surface area contributed by atoms with Gasteiger partial charge in [-0.15, -0.1) is 0 Å². The summed E-state index contributed by atoms with van der Waals surface area (Å²) >= 11 is 0. The molecule has 15 rings (SSSR count). The zero-order valence-electron chi connectivity index (χ0n) is 46.2. The molecule has 404 valence electrons. The lowest BCUT2D eigenvalue weighted by molar-refractivity contribution is -0.0691. The van der Waals surface area contributed by atoms with E-state index < -0.39 is 17.9 Å². The summed E-state index contributed by atoms with van der Waals surface area (Å²) < 4.78 is 0. The molecule has 4 bridgehead atoms. The van der Waals surface area contributed by atoms with Crippen LogP contribution in [0, 0.1) is 47.4 Å². The first-order valence-corrected chi connectivity index (χ1v) is 28.5. The van der Waals surface area contributed by atoms with Gasteiger partial charge in [0.2, 0.25) is 0 Å². The average Bonchev–Trinajstić information content (AvgIpc) is 0.781. The predicted molar refractivity (Wildman–Crippen MR) is 334 cm³/mol. The van der Waals surface area contributed by atoms with Crippen molar-refractivity contribution in [1.29, 1.82) is 0 Å². The topological polar surface area (TPSA) is 112 Å². The molecule has 0 heterocycles. The largest absolute Gasteiger partial charge is 0.478 e. The summed E-state index contributed by atoms with van der Waals surface area (Å²) in [6.07, 6.45) is 5.56. The molecule has 0 atom stereocenters. The Balaban J connectivity index is 0.882. The standard InChI is InChI=1S/C79H52O6/c80-73(81)63-10-1-5-56(43-63)16-13-52-20-34-66(35-21-52)76-46-77(67-36-22-53(23-37-67)14-17-57-6-2-11-64(44-57)74(82)83)48-78(47-76,68-38-24-54(25-39-68)15-18-58-7-3-12-65(45-58)75(84)85)51-79(49-76,50-77)69-40-26-55(27-41-69)19-28-59-29-30-62-32-31-60-8-4-9-61-33-42-70(59)72(62)71(60)61/h1-12,20-27,29-45H,46-51H2,(H,80,81)(H,82,83)(H,84,85). The number of hydrogen-bond acceptors (Lipinski definition) is 3. The van der Waals surface area contributed by atoms with Gasteiger partial charge in [0, 0.05) is 44.5 Å². The second-order valence-corrected chi connectivity index (χ2v) is 23.6. The van der Waals surface area contributed by atoms with E-state index >= 15 is 0 Å². The SMILES string of the molecule is O=C(O)c1cccc(C#Cc2ccc(C34CC5(c6ccc(C#Cc7cccc(C(=O)O)c7)cc6)CC(c6ccc(C#Cc7cccc(C(=O)O)c7)cc6)(C3)CC(c3ccc(C#Cc6ccc7ccc8cccc9ccc6c7c89)cc3)(C4)C5)cc2)c1. The number of carboxylic acids is 3. The third-order valence-corrected chi connectivity index (χ3v) is 18.3. The lowest BCUT2D eigenvalue weighted by Crippen LogP contribution is -2.67. The third kappa shape index (κ3) is 9.61. The second-order valence-electron chi connectivity index (χ2n) is 23.6. The van der Waals surface area contributed by atoms with Gasteiger partial charge < -0.3 is 15.3 Å². The van der Waals surface area contributed by atoms with E-state index in [0.717, 1.165) is 71.7 Å². The molecule has 0 aromatic heterocycles. The maximum atomic E-state index is 11.8. The maximum Gasteiger partial charge on any atom is 0.335 e. The van der Waals surface area contributed by atoms with E-state index in [9.17, 15) is 29.7 Å². The van der Waals surface area contributed by atoms with Crippen LogP contribution in [-0.4, -0.2) is 33.2 Å². The van der Waals surface area contributed by atoms with E-state index in [1.54, 1.807) is 54.6 Å². The predicted octanol–water partition coefficient (Wildman–Crippen LogP) is 15.7. The molecule has 11 aromatic rings. The van der Waals surface area contributed by atoms with Gasteiger partial charge in [0.25, 0.3) is 0 Å². The van der Waals surface area contributed by atoms with E-state index in [2.05, 4.69) is 199 Å². The number of aromatic carboxylic acids is 3. The van der Waals surface area contributed by atoms with Gasteiger partial charge in [0.15, 0.2) is 0 Å². The minimum absolute atomic E-state index is 0.194. The van der Waals surface area contributed by atoms with Gasteiger partial charge in [-0.1, -0.05) is 163 Å². The Kier molecular flexibility index (Phi) is 12.6. The third-order valence-electron chi connectivity index (χ3n) is 18.3. The van der Waals surface area contributed by atoms with Gasteiger partial charge in [0.05, 0.1) is 16.7 Å². The van der Waals surface area contributed by atoms with Crippen LogP contribution < -0.4 is 0 Å². The normalized spacial score (nSPS) is 19.8. The maximum absolute atomic E-state index is 11.8. The summed E-state index contributed by atoms with van der Waals surface area (Å²) in [4.78, 5) is 35.3. The molecule has 0 radical (unpaired) electrons. The molecule has 4 aliphatic rings. The van der Waals surface area contributed by atoms with Gasteiger partial charge in [-0.05, 0) is 224 Å². The van der Waals surface area contributed by atoms with Gasteiger partial charge in [0.1, 0.15) is 0 Å². The summed E-state index contributed by atoms with van der Waals surface area (Å²) in [6.45, 7) is 0. The monoisotopic (exact) mass is 1100 g/mol. The van der Waals surface area contributed by atoms with Crippen molar-refractivity contribution in [2.24, 2.45) is 0 Å². The molecule has 0 unspecified atom stereocenters. The number of hydrogen-bond donors (Lipinski definition) is 3. The first kappa shape index (κ1) is 52.2. The summed E-state index contributed by atoms with van der Waals surface area (Å²) in [6, 6.07) is 75.2. The second kappa shape index (κ2) is 20.5. The van der Waals surface area contributed by atoms with E-state index in [1.807, 2.05) is 18.2 Å².